The van der Waals surface area contributed by atoms with Crippen molar-refractivity contribution in [2.75, 3.05) is 13.2 Å². The molecule has 0 heterocycles. The molecule has 0 amide bonds. The van der Waals surface area contributed by atoms with Gasteiger partial charge < -0.3 is 14.9 Å². The Kier molecular flexibility index (Phi) is 4.95. The van der Waals surface area contributed by atoms with Crippen molar-refractivity contribution < 1.29 is 14.9 Å². The Hall–Kier alpha value is -1.84. The van der Waals surface area contributed by atoms with Crippen molar-refractivity contribution in [1.82, 2.24) is 0 Å². The monoisotopic (exact) mass is 258 g/mol. The smallest absolute Gasteiger partial charge is 0.119 e. The molecule has 0 bridgehead atoms. The minimum absolute atomic E-state index is 0.146. The molecule has 0 aliphatic rings. The molecule has 2 rings (SSSR count). The minimum atomic E-state index is -0.627. The van der Waals surface area contributed by atoms with E-state index in [0.29, 0.717) is 6.42 Å². The molecule has 2 aromatic rings. The first kappa shape index (κ1) is 13.6. The van der Waals surface area contributed by atoms with Crippen LogP contribution in [0.25, 0.3) is 0 Å². The first-order valence-electron chi connectivity index (χ1n) is 6.35. The number of hydrogen-bond donors (Lipinski definition) is 2. The summed E-state index contributed by atoms with van der Waals surface area (Å²) in [4.78, 5) is 0. The molecule has 3 heteroatoms. The summed E-state index contributed by atoms with van der Waals surface area (Å²) in [6.07, 6.45) is 0.0192. The van der Waals surface area contributed by atoms with Crippen LogP contribution in [-0.4, -0.2) is 23.4 Å². The summed E-state index contributed by atoms with van der Waals surface area (Å²) in [6, 6.07) is 17.0. The predicted octanol–water partition coefficient (Wildman–Crippen LogP) is 2.33. The second-order valence-corrected chi connectivity index (χ2v) is 4.36. The Bertz CT molecular complexity index is 479. The van der Waals surface area contributed by atoms with Gasteiger partial charge in [-0.05, 0) is 29.7 Å². The second kappa shape index (κ2) is 6.92. The number of aliphatic hydroxyl groups excluding tert-OH is 2. The highest BCUT2D eigenvalue weighted by Crippen LogP contribution is 2.17. The molecule has 2 N–H and O–H groups in total. The Morgan fingerprint density at radius 3 is 2.26 bits per heavy atom. The lowest BCUT2D eigenvalue weighted by atomic mass is 10.1. The Balaban J connectivity index is 1.88. The van der Waals surface area contributed by atoms with E-state index in [9.17, 15) is 5.11 Å². The van der Waals surface area contributed by atoms with Gasteiger partial charge in [0.25, 0.3) is 0 Å². The number of hydrogen-bond acceptors (Lipinski definition) is 3. The maximum Gasteiger partial charge on any atom is 0.119 e. The van der Waals surface area contributed by atoms with Crippen molar-refractivity contribution >= 4 is 0 Å². The maximum absolute atomic E-state index is 9.96. The van der Waals surface area contributed by atoms with E-state index in [4.69, 9.17) is 9.84 Å². The van der Waals surface area contributed by atoms with Gasteiger partial charge in [-0.2, -0.15) is 0 Å². The van der Waals surface area contributed by atoms with Crippen LogP contribution in [0.15, 0.2) is 54.6 Å². The van der Waals surface area contributed by atoms with Crippen molar-refractivity contribution in [1.29, 1.82) is 0 Å². The van der Waals surface area contributed by atoms with Crippen LogP contribution >= 0.6 is 0 Å². The zero-order valence-corrected chi connectivity index (χ0v) is 10.7. The van der Waals surface area contributed by atoms with Crippen molar-refractivity contribution in [3.63, 3.8) is 0 Å². The standard InChI is InChI=1S/C16H18O3/c17-11-10-13-6-8-15(9-7-13)19-12-16(18)14-4-2-1-3-5-14/h1-9,16-18H,10-12H2. The van der Waals surface area contributed by atoms with Gasteiger partial charge in [-0.15, -0.1) is 0 Å². The molecular weight excluding hydrogens is 240 g/mol. The topological polar surface area (TPSA) is 49.7 Å². The van der Waals surface area contributed by atoms with Crippen LogP contribution in [0.1, 0.15) is 17.2 Å². The third-order valence-electron chi connectivity index (χ3n) is 2.92. The number of ether oxygens (including phenoxy) is 1. The van der Waals surface area contributed by atoms with Crippen LogP contribution in [0.4, 0.5) is 0 Å². The summed E-state index contributed by atoms with van der Waals surface area (Å²) < 4.78 is 5.54. The zero-order chi connectivity index (χ0) is 13.5. The lowest BCUT2D eigenvalue weighted by Crippen LogP contribution is -2.09. The van der Waals surface area contributed by atoms with E-state index in [1.54, 1.807) is 0 Å². The maximum atomic E-state index is 9.96. The van der Waals surface area contributed by atoms with Crippen molar-refractivity contribution in [2.45, 2.75) is 12.5 Å². The summed E-state index contributed by atoms with van der Waals surface area (Å²) in [5.74, 6) is 0.719. The Labute approximate surface area is 113 Å². The molecule has 0 saturated heterocycles. The first-order valence-corrected chi connectivity index (χ1v) is 6.35. The van der Waals surface area contributed by atoms with E-state index in [-0.39, 0.29) is 13.2 Å². The quantitative estimate of drug-likeness (QED) is 0.836. The van der Waals surface area contributed by atoms with E-state index in [1.807, 2.05) is 54.6 Å². The molecule has 0 aromatic heterocycles. The minimum Gasteiger partial charge on any atom is -0.491 e. The zero-order valence-electron chi connectivity index (χ0n) is 10.7. The van der Waals surface area contributed by atoms with Crippen LogP contribution < -0.4 is 4.74 Å². The van der Waals surface area contributed by atoms with Crippen molar-refractivity contribution in [3.05, 3.63) is 65.7 Å². The molecular formula is C16H18O3. The van der Waals surface area contributed by atoms with Crippen molar-refractivity contribution in [3.8, 4) is 5.75 Å². The molecule has 0 aliphatic carbocycles. The van der Waals surface area contributed by atoms with Gasteiger partial charge in [0.15, 0.2) is 0 Å². The molecule has 100 valence electrons. The molecule has 1 atom stereocenters. The molecule has 0 aliphatic heterocycles. The van der Waals surface area contributed by atoms with Gasteiger partial charge in [-0.25, -0.2) is 0 Å². The SMILES string of the molecule is OCCc1ccc(OCC(O)c2ccccc2)cc1. The molecule has 19 heavy (non-hydrogen) atoms. The number of rotatable bonds is 6. The first-order chi connectivity index (χ1) is 9.29. The van der Waals surface area contributed by atoms with E-state index in [1.165, 1.54) is 0 Å². The molecule has 0 radical (unpaired) electrons. The number of benzene rings is 2. The van der Waals surface area contributed by atoms with E-state index >= 15 is 0 Å². The molecule has 0 fully saturated rings. The van der Waals surface area contributed by atoms with E-state index < -0.39 is 6.10 Å². The van der Waals surface area contributed by atoms with Crippen LogP contribution in [-0.2, 0) is 6.42 Å². The lowest BCUT2D eigenvalue weighted by molar-refractivity contribution is 0.108. The van der Waals surface area contributed by atoms with Crippen LogP contribution in [0.5, 0.6) is 5.75 Å². The van der Waals surface area contributed by atoms with E-state index in [2.05, 4.69) is 0 Å². The van der Waals surface area contributed by atoms with Gasteiger partial charge in [0.2, 0.25) is 0 Å². The normalized spacial score (nSPS) is 12.1. The fourth-order valence-corrected chi connectivity index (χ4v) is 1.83. The second-order valence-electron chi connectivity index (χ2n) is 4.36. The summed E-state index contributed by atoms with van der Waals surface area (Å²) >= 11 is 0. The van der Waals surface area contributed by atoms with Gasteiger partial charge in [-0.3, -0.25) is 0 Å². The van der Waals surface area contributed by atoms with Gasteiger partial charge in [0.05, 0.1) is 0 Å². The summed E-state index contributed by atoms with van der Waals surface area (Å²) in [7, 11) is 0. The molecule has 0 saturated carbocycles. The molecule has 1 unspecified atom stereocenters. The fraction of sp³-hybridized carbons (Fsp3) is 0.250. The Morgan fingerprint density at radius 1 is 0.947 bits per heavy atom. The lowest BCUT2D eigenvalue weighted by Gasteiger charge is -2.12. The highest BCUT2D eigenvalue weighted by molar-refractivity contribution is 5.27. The molecule has 3 nitrogen and oxygen atoms in total. The highest BCUT2D eigenvalue weighted by atomic mass is 16.5. The largest absolute Gasteiger partial charge is 0.491 e. The van der Waals surface area contributed by atoms with Crippen LogP contribution in [0.3, 0.4) is 0 Å². The van der Waals surface area contributed by atoms with Gasteiger partial charge in [0.1, 0.15) is 18.5 Å². The number of aliphatic hydroxyl groups is 2. The average Bonchev–Trinajstić information content (AvgIpc) is 2.47. The van der Waals surface area contributed by atoms with Crippen LogP contribution in [0, 0.1) is 0 Å². The van der Waals surface area contributed by atoms with Gasteiger partial charge in [0, 0.05) is 6.61 Å². The van der Waals surface area contributed by atoms with E-state index in [0.717, 1.165) is 16.9 Å². The predicted molar refractivity (Wildman–Crippen MR) is 74.1 cm³/mol. The third-order valence-corrected chi connectivity index (χ3v) is 2.92. The summed E-state index contributed by atoms with van der Waals surface area (Å²) in [5.41, 5.74) is 1.91. The molecule has 0 spiro atoms. The van der Waals surface area contributed by atoms with Gasteiger partial charge in [-0.1, -0.05) is 42.5 Å². The van der Waals surface area contributed by atoms with Crippen LogP contribution in [0.2, 0.25) is 0 Å². The molecule has 2 aromatic carbocycles. The summed E-state index contributed by atoms with van der Waals surface area (Å²) in [6.45, 7) is 0.371. The fourth-order valence-electron chi connectivity index (χ4n) is 1.83. The van der Waals surface area contributed by atoms with Gasteiger partial charge >= 0.3 is 0 Å². The van der Waals surface area contributed by atoms with Crippen molar-refractivity contribution in [2.24, 2.45) is 0 Å². The summed E-state index contributed by atoms with van der Waals surface area (Å²) in [5, 5.41) is 18.8. The average molecular weight is 258 g/mol. The third kappa shape index (κ3) is 4.09. The Morgan fingerprint density at radius 2 is 1.63 bits per heavy atom. The highest BCUT2D eigenvalue weighted by Gasteiger charge is 2.07.